The quantitative estimate of drug-likeness (QED) is 0.560. The zero-order chi connectivity index (χ0) is 20.5. The monoisotopic (exact) mass is 421 g/mol. The van der Waals surface area contributed by atoms with Crippen LogP contribution in [0.4, 0.5) is 0 Å². The normalized spacial score (nSPS) is 16.9. The molecule has 1 aliphatic rings. The van der Waals surface area contributed by atoms with Gasteiger partial charge in [0.1, 0.15) is 0 Å². The number of amides is 1. The average molecular weight is 422 g/mol. The summed E-state index contributed by atoms with van der Waals surface area (Å²) in [5.74, 6) is -0.0619. The van der Waals surface area contributed by atoms with Gasteiger partial charge in [0.25, 0.3) is 5.56 Å². The molecule has 1 fully saturated rings. The Morgan fingerprint density at radius 2 is 1.96 bits per heavy atom. The summed E-state index contributed by atoms with van der Waals surface area (Å²) in [6.45, 7) is 7.72. The number of hydrogen-bond donors (Lipinski definition) is 1. The second-order valence-electron chi connectivity index (χ2n) is 8.52. The Morgan fingerprint density at radius 3 is 2.61 bits per heavy atom. The predicted octanol–water partition coefficient (Wildman–Crippen LogP) is 4.95. The maximum atomic E-state index is 13.3. The Labute approximate surface area is 175 Å². The predicted molar refractivity (Wildman–Crippen MR) is 116 cm³/mol. The first-order chi connectivity index (χ1) is 13.2. The first-order valence-electron chi connectivity index (χ1n) is 9.86. The average Bonchev–Trinajstić information content (AvgIpc) is 2.61. The Kier molecular flexibility index (Phi) is 6.40. The van der Waals surface area contributed by atoms with E-state index in [1.54, 1.807) is 18.2 Å². The Hall–Kier alpha value is -1.53. The van der Waals surface area contributed by atoms with Gasteiger partial charge >= 0.3 is 0 Å². The van der Waals surface area contributed by atoms with Crippen molar-refractivity contribution in [3.8, 4) is 0 Å². The first kappa shape index (κ1) is 21.2. The van der Waals surface area contributed by atoms with Crippen LogP contribution in [-0.4, -0.2) is 26.2 Å². The summed E-state index contributed by atoms with van der Waals surface area (Å²) in [6, 6.07) is 5.32. The molecule has 28 heavy (non-hydrogen) atoms. The minimum absolute atomic E-state index is 0.0421. The SMILES string of the molecule is C[C@@H](Sc1nc2cc(Cl)ccc2c(=O)n1C1CCCCC1)C(=O)NC(C)(C)C. The fourth-order valence-corrected chi connectivity index (χ4v) is 4.72. The van der Waals surface area contributed by atoms with Crippen molar-refractivity contribution in [2.24, 2.45) is 0 Å². The van der Waals surface area contributed by atoms with Gasteiger partial charge in [-0.1, -0.05) is 42.6 Å². The van der Waals surface area contributed by atoms with Gasteiger partial charge in [-0.2, -0.15) is 0 Å². The number of thioether (sulfide) groups is 1. The summed E-state index contributed by atoms with van der Waals surface area (Å²) in [4.78, 5) is 30.6. The highest BCUT2D eigenvalue weighted by Gasteiger charge is 2.26. The van der Waals surface area contributed by atoms with Gasteiger partial charge in [0.05, 0.1) is 16.2 Å². The van der Waals surface area contributed by atoms with Crippen molar-refractivity contribution < 1.29 is 4.79 Å². The third kappa shape index (κ3) is 4.90. The Bertz CT molecular complexity index is 930. The fraction of sp³-hybridized carbons (Fsp3) is 0.571. The van der Waals surface area contributed by atoms with Crippen LogP contribution in [0.25, 0.3) is 10.9 Å². The fourth-order valence-electron chi connectivity index (χ4n) is 3.58. The standard InChI is InChI=1S/C21H28ClN3O2S/c1-13(18(26)24-21(2,3)4)28-20-23-17-12-14(22)10-11-16(17)19(27)25(20)15-8-6-5-7-9-15/h10-13,15H,5-9H2,1-4H3,(H,24,26)/t13-/m1/s1. The zero-order valence-electron chi connectivity index (χ0n) is 16.9. The molecule has 0 bridgehead atoms. The van der Waals surface area contributed by atoms with Gasteiger partial charge < -0.3 is 5.32 Å². The van der Waals surface area contributed by atoms with E-state index in [2.05, 4.69) is 5.32 Å². The van der Waals surface area contributed by atoms with Crippen LogP contribution in [0.15, 0.2) is 28.2 Å². The zero-order valence-corrected chi connectivity index (χ0v) is 18.5. The highest BCUT2D eigenvalue weighted by atomic mass is 35.5. The van der Waals surface area contributed by atoms with Gasteiger partial charge in [-0.3, -0.25) is 14.2 Å². The van der Waals surface area contributed by atoms with E-state index in [9.17, 15) is 9.59 Å². The second-order valence-corrected chi connectivity index (χ2v) is 10.3. The minimum Gasteiger partial charge on any atom is -0.351 e. The van der Waals surface area contributed by atoms with Gasteiger partial charge in [0.2, 0.25) is 5.91 Å². The van der Waals surface area contributed by atoms with E-state index in [1.807, 2.05) is 32.3 Å². The third-order valence-corrected chi connectivity index (χ3v) is 6.22. The second kappa shape index (κ2) is 8.46. The number of aromatic nitrogens is 2. The summed E-state index contributed by atoms with van der Waals surface area (Å²) < 4.78 is 1.82. The van der Waals surface area contributed by atoms with Crippen molar-refractivity contribution in [2.45, 2.75) is 81.8 Å². The van der Waals surface area contributed by atoms with Gasteiger partial charge in [-0.15, -0.1) is 0 Å². The molecule has 2 aromatic rings. The highest BCUT2D eigenvalue weighted by Crippen LogP contribution is 2.32. The van der Waals surface area contributed by atoms with Crippen LogP contribution in [0.5, 0.6) is 0 Å². The van der Waals surface area contributed by atoms with Crippen LogP contribution in [0, 0.1) is 0 Å². The summed E-state index contributed by atoms with van der Waals surface area (Å²) in [7, 11) is 0. The van der Waals surface area contributed by atoms with Crippen LogP contribution >= 0.6 is 23.4 Å². The molecule has 1 aliphatic carbocycles. The number of nitrogens with zero attached hydrogens (tertiary/aromatic N) is 2. The molecule has 3 rings (SSSR count). The van der Waals surface area contributed by atoms with Crippen molar-refractivity contribution >= 4 is 40.2 Å². The minimum atomic E-state index is -0.363. The van der Waals surface area contributed by atoms with Crippen LogP contribution in [-0.2, 0) is 4.79 Å². The van der Waals surface area contributed by atoms with Crippen molar-refractivity contribution in [1.82, 2.24) is 14.9 Å². The summed E-state index contributed by atoms with van der Waals surface area (Å²) in [6.07, 6.45) is 5.36. The van der Waals surface area contributed by atoms with Crippen molar-refractivity contribution in [2.75, 3.05) is 0 Å². The molecule has 1 atom stereocenters. The van der Waals surface area contributed by atoms with E-state index < -0.39 is 0 Å². The molecule has 5 nitrogen and oxygen atoms in total. The summed E-state index contributed by atoms with van der Waals surface area (Å²) >= 11 is 7.47. The van der Waals surface area contributed by atoms with Gasteiger partial charge in [0, 0.05) is 16.6 Å². The molecule has 0 radical (unpaired) electrons. The highest BCUT2D eigenvalue weighted by molar-refractivity contribution is 8.00. The molecule has 1 aromatic heterocycles. The van der Waals surface area contributed by atoms with Crippen LogP contribution in [0.3, 0.4) is 0 Å². The molecule has 152 valence electrons. The van der Waals surface area contributed by atoms with Gasteiger partial charge in [0.15, 0.2) is 5.16 Å². The van der Waals surface area contributed by atoms with Crippen LogP contribution in [0.1, 0.15) is 65.8 Å². The Morgan fingerprint density at radius 1 is 1.29 bits per heavy atom. The number of rotatable bonds is 4. The molecular weight excluding hydrogens is 394 g/mol. The lowest BCUT2D eigenvalue weighted by atomic mass is 9.95. The number of benzene rings is 1. The molecule has 0 unspecified atom stereocenters. The summed E-state index contributed by atoms with van der Waals surface area (Å²) in [5.41, 5.74) is 0.231. The largest absolute Gasteiger partial charge is 0.351 e. The Balaban J connectivity index is 2.03. The van der Waals surface area contributed by atoms with Crippen molar-refractivity contribution in [3.05, 3.63) is 33.6 Å². The number of nitrogens with one attached hydrogen (secondary N) is 1. The van der Waals surface area contributed by atoms with Gasteiger partial charge in [-0.25, -0.2) is 4.98 Å². The molecule has 0 saturated heterocycles. The molecule has 1 heterocycles. The van der Waals surface area contributed by atoms with E-state index in [0.717, 1.165) is 25.7 Å². The van der Waals surface area contributed by atoms with E-state index >= 15 is 0 Å². The van der Waals surface area contributed by atoms with Crippen LogP contribution < -0.4 is 10.9 Å². The lowest BCUT2D eigenvalue weighted by Crippen LogP contribution is -2.44. The van der Waals surface area contributed by atoms with Crippen molar-refractivity contribution in [1.29, 1.82) is 0 Å². The van der Waals surface area contributed by atoms with E-state index in [0.29, 0.717) is 21.1 Å². The lowest BCUT2D eigenvalue weighted by molar-refractivity contribution is -0.121. The number of hydrogen-bond acceptors (Lipinski definition) is 4. The molecule has 1 N–H and O–H groups in total. The van der Waals surface area contributed by atoms with E-state index in [1.165, 1.54) is 18.2 Å². The van der Waals surface area contributed by atoms with Crippen molar-refractivity contribution in [3.63, 3.8) is 0 Å². The van der Waals surface area contributed by atoms with E-state index in [-0.39, 0.29) is 28.3 Å². The first-order valence-corrected chi connectivity index (χ1v) is 11.1. The maximum Gasteiger partial charge on any atom is 0.262 e. The van der Waals surface area contributed by atoms with Gasteiger partial charge in [-0.05, 0) is 58.7 Å². The topological polar surface area (TPSA) is 64.0 Å². The molecule has 0 aliphatic heterocycles. The number of fused-ring (bicyclic) bond motifs is 1. The molecule has 1 saturated carbocycles. The van der Waals surface area contributed by atoms with Crippen LogP contribution in [0.2, 0.25) is 5.02 Å². The molecule has 1 amide bonds. The molecule has 1 aromatic carbocycles. The van der Waals surface area contributed by atoms with E-state index in [4.69, 9.17) is 16.6 Å². The summed E-state index contributed by atoms with van der Waals surface area (Å²) in [5, 5.41) is 4.36. The maximum absolute atomic E-state index is 13.3. The number of halogens is 1. The molecular formula is C21H28ClN3O2S. The number of carbonyl (C=O) groups excluding carboxylic acids is 1. The third-order valence-electron chi connectivity index (χ3n) is 4.92. The lowest BCUT2D eigenvalue weighted by Gasteiger charge is -2.27. The number of carbonyl (C=O) groups is 1. The smallest absolute Gasteiger partial charge is 0.262 e. The molecule has 7 heteroatoms. The molecule has 0 spiro atoms.